The smallest absolute Gasteiger partial charge is 0.229 e. The highest BCUT2D eigenvalue weighted by Crippen LogP contribution is 2.37. The van der Waals surface area contributed by atoms with Gasteiger partial charge in [-0.1, -0.05) is 30.3 Å². The summed E-state index contributed by atoms with van der Waals surface area (Å²) in [6.07, 6.45) is 9.65. The Bertz CT molecular complexity index is 746. The van der Waals surface area contributed by atoms with E-state index in [2.05, 4.69) is 40.2 Å². The molecule has 0 unspecified atom stereocenters. The molecule has 2 fully saturated rings. The van der Waals surface area contributed by atoms with E-state index >= 15 is 0 Å². The second-order valence-electron chi connectivity index (χ2n) is 7.86. The van der Waals surface area contributed by atoms with Crippen LogP contribution in [0.25, 0.3) is 11.1 Å². The Labute approximate surface area is 161 Å². The van der Waals surface area contributed by atoms with Crippen LogP contribution < -0.4 is 0 Å². The molecule has 142 valence electrons. The molecule has 0 aliphatic carbocycles. The van der Waals surface area contributed by atoms with Crippen LogP contribution in [0.5, 0.6) is 0 Å². The molecular formula is C23H28N2O2. The number of nitrogens with zero attached hydrogens (tertiary/aromatic N) is 2. The second-order valence-corrected chi connectivity index (χ2v) is 7.86. The fraction of sp³-hybridized carbons (Fsp3) is 0.478. The number of hydrogen-bond acceptors (Lipinski definition) is 3. The number of hydrogen-bond donors (Lipinski definition) is 0. The highest BCUT2D eigenvalue weighted by Gasteiger charge is 2.42. The summed E-state index contributed by atoms with van der Waals surface area (Å²) in [6.45, 7) is 3.21. The molecule has 0 N–H and O–H groups in total. The maximum atomic E-state index is 13.4. The Morgan fingerprint density at radius 2 is 1.74 bits per heavy atom. The highest BCUT2D eigenvalue weighted by molar-refractivity contribution is 5.83. The maximum absolute atomic E-state index is 13.4. The zero-order valence-corrected chi connectivity index (χ0v) is 15.9. The summed E-state index contributed by atoms with van der Waals surface area (Å²) in [7, 11) is 0. The lowest BCUT2D eigenvalue weighted by Crippen LogP contribution is -2.49. The van der Waals surface area contributed by atoms with Crippen molar-refractivity contribution in [1.29, 1.82) is 0 Å². The number of amides is 1. The maximum Gasteiger partial charge on any atom is 0.229 e. The molecule has 0 spiro atoms. The minimum Gasteiger partial charge on any atom is -0.381 e. The molecule has 4 heteroatoms. The second kappa shape index (κ2) is 8.22. The fourth-order valence-electron chi connectivity index (χ4n) is 4.40. The molecule has 4 rings (SSSR count). The van der Waals surface area contributed by atoms with E-state index < -0.39 is 0 Å². The number of carbonyl (C=O) groups excluding carboxylic acids is 1. The normalized spacial score (nSPS) is 19.6. The van der Waals surface area contributed by atoms with Gasteiger partial charge in [0, 0.05) is 38.7 Å². The Morgan fingerprint density at radius 3 is 2.41 bits per heavy atom. The van der Waals surface area contributed by atoms with Crippen molar-refractivity contribution in [3.05, 3.63) is 54.4 Å². The van der Waals surface area contributed by atoms with E-state index in [-0.39, 0.29) is 5.41 Å². The lowest BCUT2D eigenvalue weighted by atomic mass is 9.73. The number of ether oxygens (including phenoxy) is 1. The Hall–Kier alpha value is -2.20. The molecule has 1 aromatic heterocycles. The first kappa shape index (κ1) is 18.2. The van der Waals surface area contributed by atoms with Gasteiger partial charge in [-0.05, 0) is 61.3 Å². The quantitative estimate of drug-likeness (QED) is 0.820. The number of carbonyl (C=O) groups is 1. The molecule has 2 aromatic rings. The molecule has 0 saturated carbocycles. The van der Waals surface area contributed by atoms with Crippen LogP contribution in [0.1, 0.15) is 37.7 Å². The summed E-state index contributed by atoms with van der Waals surface area (Å²) in [4.78, 5) is 19.7. The highest BCUT2D eigenvalue weighted by atomic mass is 16.5. The van der Waals surface area contributed by atoms with Gasteiger partial charge >= 0.3 is 0 Å². The molecule has 0 bridgehead atoms. The first-order chi connectivity index (χ1) is 13.3. The third-order valence-corrected chi connectivity index (χ3v) is 6.04. The van der Waals surface area contributed by atoms with E-state index in [4.69, 9.17) is 4.74 Å². The van der Waals surface area contributed by atoms with E-state index in [1.165, 1.54) is 12.0 Å². The Kier molecular flexibility index (Phi) is 5.53. The molecule has 2 aliphatic rings. The fourth-order valence-corrected chi connectivity index (χ4v) is 4.40. The molecule has 3 heterocycles. The summed E-state index contributed by atoms with van der Waals surface area (Å²) in [6, 6.07) is 12.7. The van der Waals surface area contributed by atoms with Crippen molar-refractivity contribution < 1.29 is 9.53 Å². The van der Waals surface area contributed by atoms with Gasteiger partial charge in [-0.3, -0.25) is 9.78 Å². The topological polar surface area (TPSA) is 42.4 Å². The molecule has 2 aliphatic heterocycles. The number of likely N-dealkylation sites (tertiary alicyclic amines) is 1. The van der Waals surface area contributed by atoms with Gasteiger partial charge in [0.1, 0.15) is 0 Å². The van der Waals surface area contributed by atoms with Gasteiger partial charge in [-0.15, -0.1) is 0 Å². The minimum absolute atomic E-state index is 0.300. The van der Waals surface area contributed by atoms with Gasteiger partial charge < -0.3 is 9.64 Å². The average molecular weight is 364 g/mol. The van der Waals surface area contributed by atoms with Crippen molar-refractivity contribution in [3.8, 4) is 11.1 Å². The minimum atomic E-state index is -0.300. The largest absolute Gasteiger partial charge is 0.381 e. The molecular weight excluding hydrogens is 336 g/mol. The predicted octanol–water partition coefficient (Wildman–Crippen LogP) is 4.10. The third kappa shape index (κ3) is 4.06. The van der Waals surface area contributed by atoms with Crippen LogP contribution in [-0.2, 0) is 16.0 Å². The SMILES string of the molecule is O=C(N1CCCCC1)C1(Cc2ccc(-c3cccnc3)cc2)CCOCC1. The zero-order valence-electron chi connectivity index (χ0n) is 15.9. The summed E-state index contributed by atoms with van der Waals surface area (Å²) < 4.78 is 5.60. The Morgan fingerprint density at radius 1 is 1.00 bits per heavy atom. The first-order valence-electron chi connectivity index (χ1n) is 10.1. The van der Waals surface area contributed by atoms with Crippen molar-refractivity contribution >= 4 is 5.91 Å². The molecule has 0 radical (unpaired) electrons. The van der Waals surface area contributed by atoms with Crippen molar-refractivity contribution in [2.75, 3.05) is 26.3 Å². The molecule has 0 atom stereocenters. The predicted molar refractivity (Wildman–Crippen MR) is 106 cm³/mol. The number of aromatic nitrogens is 1. The number of piperidine rings is 1. The van der Waals surface area contributed by atoms with Crippen LogP contribution in [0, 0.1) is 5.41 Å². The lowest BCUT2D eigenvalue weighted by molar-refractivity contribution is -0.149. The summed E-state index contributed by atoms with van der Waals surface area (Å²) in [5.74, 6) is 0.349. The van der Waals surface area contributed by atoms with Crippen molar-refractivity contribution in [3.63, 3.8) is 0 Å². The van der Waals surface area contributed by atoms with E-state index in [1.54, 1.807) is 6.20 Å². The van der Waals surface area contributed by atoms with Crippen LogP contribution in [0.2, 0.25) is 0 Å². The van der Waals surface area contributed by atoms with Crippen molar-refractivity contribution in [2.45, 2.75) is 38.5 Å². The molecule has 27 heavy (non-hydrogen) atoms. The molecule has 1 aromatic carbocycles. The lowest BCUT2D eigenvalue weighted by Gasteiger charge is -2.41. The van der Waals surface area contributed by atoms with Crippen LogP contribution >= 0.6 is 0 Å². The van der Waals surface area contributed by atoms with Crippen LogP contribution in [0.15, 0.2) is 48.8 Å². The van der Waals surface area contributed by atoms with Gasteiger partial charge in [0.05, 0.1) is 5.41 Å². The zero-order chi connectivity index (χ0) is 18.5. The van der Waals surface area contributed by atoms with Gasteiger partial charge in [0.2, 0.25) is 5.91 Å². The van der Waals surface area contributed by atoms with Gasteiger partial charge in [-0.2, -0.15) is 0 Å². The van der Waals surface area contributed by atoms with Crippen LogP contribution in [0.4, 0.5) is 0 Å². The summed E-state index contributed by atoms with van der Waals surface area (Å²) in [5.41, 5.74) is 3.21. The molecule has 2 saturated heterocycles. The van der Waals surface area contributed by atoms with Crippen molar-refractivity contribution in [1.82, 2.24) is 9.88 Å². The number of benzene rings is 1. The van der Waals surface area contributed by atoms with Crippen LogP contribution in [0.3, 0.4) is 0 Å². The Balaban J connectivity index is 1.54. The van der Waals surface area contributed by atoms with Gasteiger partial charge in [0.25, 0.3) is 0 Å². The first-order valence-corrected chi connectivity index (χ1v) is 10.1. The van der Waals surface area contributed by atoms with E-state index in [0.717, 1.165) is 56.3 Å². The number of rotatable bonds is 4. The summed E-state index contributed by atoms with van der Waals surface area (Å²) >= 11 is 0. The summed E-state index contributed by atoms with van der Waals surface area (Å²) in [5, 5.41) is 0. The van der Waals surface area contributed by atoms with E-state index in [0.29, 0.717) is 19.1 Å². The van der Waals surface area contributed by atoms with E-state index in [1.807, 2.05) is 12.3 Å². The van der Waals surface area contributed by atoms with Gasteiger partial charge in [-0.25, -0.2) is 0 Å². The van der Waals surface area contributed by atoms with Gasteiger partial charge in [0.15, 0.2) is 0 Å². The molecule has 4 nitrogen and oxygen atoms in total. The third-order valence-electron chi connectivity index (χ3n) is 6.04. The number of pyridine rings is 1. The van der Waals surface area contributed by atoms with E-state index in [9.17, 15) is 4.79 Å². The molecule has 1 amide bonds. The average Bonchev–Trinajstić information content (AvgIpc) is 2.76. The van der Waals surface area contributed by atoms with Crippen molar-refractivity contribution in [2.24, 2.45) is 5.41 Å². The van der Waals surface area contributed by atoms with Crippen LogP contribution in [-0.4, -0.2) is 42.1 Å². The standard InChI is InChI=1S/C23H28N2O2/c26-22(25-13-2-1-3-14-25)23(10-15-27-16-11-23)17-19-6-8-20(9-7-19)21-5-4-12-24-18-21/h4-9,12,18H,1-3,10-11,13-17H2. The monoisotopic (exact) mass is 364 g/mol.